The van der Waals surface area contributed by atoms with Gasteiger partial charge in [0.2, 0.25) is 0 Å². The van der Waals surface area contributed by atoms with Gasteiger partial charge in [-0.15, -0.1) is 0 Å². The number of benzene rings is 1. The normalized spacial score (nSPS) is 12.2. The molecule has 0 unspecified atom stereocenters. The number of aromatic nitrogens is 2. The van der Waals surface area contributed by atoms with Crippen molar-refractivity contribution >= 4 is 38.3 Å². The molecule has 3 rings (SSSR count). The van der Waals surface area contributed by atoms with Gasteiger partial charge in [0.15, 0.2) is 0 Å². The number of hydrogen-bond acceptors (Lipinski definition) is 3. The Morgan fingerprint density at radius 3 is 2.92 bits per heavy atom. The Morgan fingerprint density at radius 1 is 1.29 bits per heavy atom. The first-order valence-corrected chi connectivity index (χ1v) is 9.83. The molecule has 1 amide bonds. The quantitative estimate of drug-likeness (QED) is 0.709. The summed E-state index contributed by atoms with van der Waals surface area (Å²) >= 11 is 3.42. The number of nitrogens with zero attached hydrogens (tertiary/aromatic N) is 2. The van der Waals surface area contributed by atoms with Gasteiger partial charge in [0, 0.05) is 45.2 Å². The second-order valence-corrected chi connectivity index (χ2v) is 7.80. The number of imidazole rings is 1. The number of carbonyl (C=O) groups is 1. The van der Waals surface area contributed by atoms with Crippen LogP contribution < -0.4 is 5.32 Å². The zero-order valence-corrected chi connectivity index (χ0v) is 15.4. The molecule has 0 aliphatic rings. The summed E-state index contributed by atoms with van der Waals surface area (Å²) in [5.74, 6) is 0.277. The van der Waals surface area contributed by atoms with E-state index in [1.807, 2.05) is 35.0 Å². The fourth-order valence-corrected chi connectivity index (χ4v) is 3.41. The van der Waals surface area contributed by atoms with Gasteiger partial charge in [-0.05, 0) is 45.8 Å². The Morgan fingerprint density at radius 2 is 2.12 bits per heavy atom. The number of halogens is 1. The van der Waals surface area contributed by atoms with Crippen LogP contribution in [0.25, 0.3) is 5.65 Å². The van der Waals surface area contributed by atoms with E-state index >= 15 is 0 Å². The van der Waals surface area contributed by atoms with Crippen molar-refractivity contribution in [3.05, 3.63) is 70.1 Å². The maximum atomic E-state index is 12.3. The number of fused-ring (bicyclic) bond motifs is 1. The maximum absolute atomic E-state index is 12.3. The van der Waals surface area contributed by atoms with E-state index in [2.05, 4.69) is 26.2 Å². The molecule has 2 heterocycles. The van der Waals surface area contributed by atoms with Gasteiger partial charge in [-0.25, -0.2) is 4.98 Å². The van der Waals surface area contributed by atoms with Crippen LogP contribution in [0.5, 0.6) is 0 Å². The fourth-order valence-electron chi connectivity index (χ4n) is 2.41. The summed E-state index contributed by atoms with van der Waals surface area (Å²) in [5, 5.41) is 2.87. The molecule has 124 valence electrons. The second kappa shape index (κ2) is 7.27. The number of pyridine rings is 1. The molecular formula is C17H16BrN3O2S. The van der Waals surface area contributed by atoms with Crippen LogP contribution in [-0.4, -0.2) is 25.8 Å². The van der Waals surface area contributed by atoms with Crippen LogP contribution in [0.1, 0.15) is 21.6 Å². The van der Waals surface area contributed by atoms with E-state index in [0.29, 0.717) is 17.9 Å². The minimum absolute atomic E-state index is 0.169. The smallest absolute Gasteiger partial charge is 0.251 e. The van der Waals surface area contributed by atoms with Gasteiger partial charge in [0.1, 0.15) is 5.65 Å². The van der Waals surface area contributed by atoms with Gasteiger partial charge in [0.25, 0.3) is 5.91 Å². The highest BCUT2D eigenvalue weighted by Crippen LogP contribution is 2.13. The summed E-state index contributed by atoms with van der Waals surface area (Å²) in [4.78, 5) is 16.8. The number of carbonyl (C=O) groups excluding carboxylic acids is 1. The number of rotatable bonds is 5. The highest BCUT2D eigenvalue weighted by Gasteiger charge is 2.08. The van der Waals surface area contributed by atoms with Gasteiger partial charge in [0.05, 0.1) is 12.2 Å². The highest BCUT2D eigenvalue weighted by atomic mass is 79.9. The summed E-state index contributed by atoms with van der Waals surface area (Å²) in [6.45, 7) is 0.349. The first-order chi connectivity index (χ1) is 11.5. The molecule has 1 N–H and O–H groups in total. The van der Waals surface area contributed by atoms with E-state index < -0.39 is 10.8 Å². The van der Waals surface area contributed by atoms with Crippen LogP contribution in [0, 0.1) is 0 Å². The third-order valence-electron chi connectivity index (χ3n) is 3.45. The molecule has 1 aromatic carbocycles. The molecule has 1 atom stereocenters. The Hall–Kier alpha value is -1.99. The summed E-state index contributed by atoms with van der Waals surface area (Å²) in [5.41, 5.74) is 3.06. The molecule has 0 saturated heterocycles. The van der Waals surface area contributed by atoms with Crippen molar-refractivity contribution in [1.29, 1.82) is 0 Å². The third-order valence-corrected chi connectivity index (χ3v) is 4.66. The van der Waals surface area contributed by atoms with Crippen molar-refractivity contribution < 1.29 is 9.00 Å². The van der Waals surface area contributed by atoms with E-state index in [4.69, 9.17) is 0 Å². The molecule has 0 radical (unpaired) electrons. The van der Waals surface area contributed by atoms with E-state index in [-0.39, 0.29) is 5.91 Å². The van der Waals surface area contributed by atoms with Crippen molar-refractivity contribution in [2.75, 3.05) is 6.26 Å². The average Bonchev–Trinajstić information content (AvgIpc) is 2.94. The van der Waals surface area contributed by atoms with Crippen LogP contribution >= 0.6 is 15.9 Å². The lowest BCUT2D eigenvalue weighted by Crippen LogP contribution is -2.23. The van der Waals surface area contributed by atoms with Crippen molar-refractivity contribution in [2.45, 2.75) is 12.3 Å². The molecule has 0 fully saturated rings. The Labute approximate surface area is 150 Å². The van der Waals surface area contributed by atoms with Crippen LogP contribution in [0.3, 0.4) is 0 Å². The summed E-state index contributed by atoms with van der Waals surface area (Å²) in [6.07, 6.45) is 5.45. The Kier molecular flexibility index (Phi) is 5.11. The van der Waals surface area contributed by atoms with Gasteiger partial charge in [-0.2, -0.15) is 0 Å². The van der Waals surface area contributed by atoms with Gasteiger partial charge in [-0.1, -0.05) is 12.1 Å². The number of nitrogens with one attached hydrogen (secondary N) is 1. The van der Waals surface area contributed by atoms with E-state index in [0.717, 1.165) is 21.4 Å². The van der Waals surface area contributed by atoms with Crippen molar-refractivity contribution in [2.24, 2.45) is 0 Å². The standard InChI is InChI=1S/C17H16BrN3O2S/c1-24(23)11-12-3-2-4-13(7-12)17(22)19-8-15-10-21-9-14(18)5-6-16(21)20-15/h2-7,9-10H,8,11H2,1H3,(H,19,22)/t24-/m0/s1. The topological polar surface area (TPSA) is 63.5 Å². The molecule has 24 heavy (non-hydrogen) atoms. The van der Waals surface area contributed by atoms with Gasteiger partial charge in [-0.3, -0.25) is 9.00 Å². The first-order valence-electron chi connectivity index (χ1n) is 7.31. The van der Waals surface area contributed by atoms with Crippen LogP contribution in [0.2, 0.25) is 0 Å². The molecule has 2 aromatic heterocycles. The van der Waals surface area contributed by atoms with E-state index in [1.165, 1.54) is 0 Å². The minimum atomic E-state index is -0.931. The van der Waals surface area contributed by atoms with Crippen molar-refractivity contribution in [3.63, 3.8) is 0 Å². The largest absolute Gasteiger partial charge is 0.346 e. The van der Waals surface area contributed by atoms with E-state index in [9.17, 15) is 9.00 Å². The molecule has 0 aliphatic carbocycles. The molecule has 7 heteroatoms. The molecule has 0 aliphatic heterocycles. The monoisotopic (exact) mass is 405 g/mol. The molecular weight excluding hydrogens is 390 g/mol. The third kappa shape index (κ3) is 4.10. The van der Waals surface area contributed by atoms with Gasteiger partial charge >= 0.3 is 0 Å². The molecule has 0 spiro atoms. The number of amides is 1. The summed E-state index contributed by atoms with van der Waals surface area (Å²) < 4.78 is 14.2. The zero-order valence-electron chi connectivity index (χ0n) is 13.0. The van der Waals surface area contributed by atoms with Crippen LogP contribution in [0.15, 0.2) is 53.3 Å². The SMILES string of the molecule is C[S@](=O)Cc1cccc(C(=O)NCc2cn3cc(Br)ccc3n2)c1. The predicted molar refractivity (Wildman–Crippen MR) is 98.3 cm³/mol. The minimum Gasteiger partial charge on any atom is -0.346 e. The Bertz CT molecular complexity index is 923. The van der Waals surface area contributed by atoms with Crippen molar-refractivity contribution in [3.8, 4) is 0 Å². The summed E-state index contributed by atoms with van der Waals surface area (Å²) in [7, 11) is -0.931. The summed E-state index contributed by atoms with van der Waals surface area (Å²) in [6, 6.07) is 11.0. The van der Waals surface area contributed by atoms with Gasteiger partial charge < -0.3 is 9.72 Å². The first kappa shape index (κ1) is 16.9. The Balaban J connectivity index is 1.69. The van der Waals surface area contributed by atoms with E-state index in [1.54, 1.807) is 24.5 Å². The predicted octanol–water partition coefficient (Wildman–Crippen LogP) is 2.91. The zero-order chi connectivity index (χ0) is 17.1. The van der Waals surface area contributed by atoms with Crippen LogP contribution in [-0.2, 0) is 23.1 Å². The average molecular weight is 406 g/mol. The van der Waals surface area contributed by atoms with Crippen molar-refractivity contribution in [1.82, 2.24) is 14.7 Å². The lowest BCUT2D eigenvalue weighted by molar-refractivity contribution is 0.0950. The highest BCUT2D eigenvalue weighted by molar-refractivity contribution is 9.10. The molecule has 5 nitrogen and oxygen atoms in total. The maximum Gasteiger partial charge on any atom is 0.251 e. The number of hydrogen-bond donors (Lipinski definition) is 1. The lowest BCUT2D eigenvalue weighted by atomic mass is 10.1. The fraction of sp³-hybridized carbons (Fsp3) is 0.176. The second-order valence-electron chi connectivity index (χ2n) is 5.45. The van der Waals surface area contributed by atoms with Crippen LogP contribution in [0.4, 0.5) is 0 Å². The molecule has 3 aromatic rings. The molecule has 0 bridgehead atoms. The molecule has 0 saturated carbocycles. The lowest BCUT2D eigenvalue weighted by Gasteiger charge is -2.05.